The molecule has 0 fully saturated rings. The average Bonchev–Trinajstić information content (AvgIpc) is 1.91. The van der Waals surface area contributed by atoms with Gasteiger partial charge >= 0.3 is 0 Å². The molecule has 0 atom stereocenters. The Balaban J connectivity index is 0.000000810. The number of halogens is 1. The molecular formula is C6H10IN3. The summed E-state index contributed by atoms with van der Waals surface area (Å²) in [6.07, 6.45) is 1.74. The molecule has 0 aliphatic carbocycles. The highest BCUT2D eigenvalue weighted by atomic mass is 127. The van der Waals surface area contributed by atoms with E-state index in [1.165, 1.54) is 0 Å². The maximum absolute atomic E-state index is 5.07. The molecule has 0 saturated heterocycles. The molecule has 4 heteroatoms. The Morgan fingerprint density at radius 1 is 1.50 bits per heavy atom. The molecule has 10 heavy (non-hydrogen) atoms. The van der Waals surface area contributed by atoms with Crippen LogP contribution in [0, 0.1) is 0 Å². The Kier molecular flexibility index (Phi) is 5.46. The van der Waals surface area contributed by atoms with E-state index < -0.39 is 0 Å². The van der Waals surface area contributed by atoms with E-state index in [2.05, 4.69) is 10.4 Å². The summed E-state index contributed by atoms with van der Waals surface area (Å²) in [6.45, 7) is 0.626. The van der Waals surface area contributed by atoms with E-state index in [-0.39, 0.29) is 24.0 Å². The molecule has 0 bridgehead atoms. The Bertz CT molecular complexity index is 166. The fraction of sp³-hybridized carbons (Fsp3) is 0.167. The van der Waals surface area contributed by atoms with Gasteiger partial charge in [-0.15, -0.1) is 24.0 Å². The number of nitrogens with two attached hydrogens (primary N) is 1. The fourth-order valence-electron chi connectivity index (χ4n) is 0.607. The molecule has 56 valence electrons. The standard InChI is InChI=1S/C6H9N3.HI/c7-9-5-6-3-1-2-4-8-6;/h1-4,9H,5,7H2;1H. The Morgan fingerprint density at radius 3 is 2.80 bits per heavy atom. The molecule has 0 radical (unpaired) electrons. The first-order valence-corrected chi connectivity index (χ1v) is 2.77. The molecule has 1 rings (SSSR count). The molecule has 1 heterocycles. The Morgan fingerprint density at radius 2 is 2.30 bits per heavy atom. The van der Waals surface area contributed by atoms with Crippen LogP contribution in [0.1, 0.15) is 5.69 Å². The van der Waals surface area contributed by atoms with Gasteiger partial charge in [-0.05, 0) is 12.1 Å². The van der Waals surface area contributed by atoms with Crippen LogP contribution in [0.3, 0.4) is 0 Å². The largest absolute Gasteiger partial charge is 0.271 e. The van der Waals surface area contributed by atoms with Crippen molar-refractivity contribution in [3.63, 3.8) is 0 Å². The second-order valence-corrected chi connectivity index (χ2v) is 1.70. The van der Waals surface area contributed by atoms with Crippen molar-refractivity contribution in [1.82, 2.24) is 10.4 Å². The van der Waals surface area contributed by atoms with E-state index >= 15 is 0 Å². The number of rotatable bonds is 2. The van der Waals surface area contributed by atoms with Crippen molar-refractivity contribution in [2.75, 3.05) is 0 Å². The van der Waals surface area contributed by atoms with Gasteiger partial charge in [-0.1, -0.05) is 6.07 Å². The molecule has 0 aromatic carbocycles. The topological polar surface area (TPSA) is 50.9 Å². The average molecular weight is 251 g/mol. The molecule has 0 saturated carbocycles. The normalized spacial score (nSPS) is 8.50. The Hall–Kier alpha value is -0.200. The zero-order chi connectivity index (χ0) is 6.53. The van der Waals surface area contributed by atoms with E-state index in [9.17, 15) is 0 Å². The minimum Gasteiger partial charge on any atom is -0.271 e. The number of nitrogens with one attached hydrogen (secondary N) is 1. The van der Waals surface area contributed by atoms with Gasteiger partial charge in [0.1, 0.15) is 0 Å². The summed E-state index contributed by atoms with van der Waals surface area (Å²) in [6, 6.07) is 5.72. The van der Waals surface area contributed by atoms with Crippen molar-refractivity contribution in [2.45, 2.75) is 6.54 Å². The molecule has 0 amide bonds. The van der Waals surface area contributed by atoms with Gasteiger partial charge in [0.25, 0.3) is 0 Å². The molecule has 3 nitrogen and oxygen atoms in total. The minimum absolute atomic E-state index is 0. The zero-order valence-corrected chi connectivity index (χ0v) is 7.78. The van der Waals surface area contributed by atoms with Gasteiger partial charge in [-0.3, -0.25) is 16.3 Å². The number of aromatic nitrogens is 1. The van der Waals surface area contributed by atoms with Gasteiger partial charge in [-0.25, -0.2) is 0 Å². The first kappa shape index (κ1) is 9.80. The summed E-state index contributed by atoms with van der Waals surface area (Å²) in [4.78, 5) is 4.03. The summed E-state index contributed by atoms with van der Waals surface area (Å²) in [5.41, 5.74) is 3.48. The second kappa shape index (κ2) is 5.57. The molecule has 1 aromatic heterocycles. The van der Waals surface area contributed by atoms with Gasteiger partial charge in [-0.2, -0.15) is 0 Å². The number of hydrogen-bond acceptors (Lipinski definition) is 3. The van der Waals surface area contributed by atoms with Crippen molar-refractivity contribution >= 4 is 24.0 Å². The predicted octanol–water partition coefficient (Wildman–Crippen LogP) is 0.663. The van der Waals surface area contributed by atoms with E-state index in [4.69, 9.17) is 5.84 Å². The molecule has 0 aliphatic rings. The van der Waals surface area contributed by atoms with Crippen molar-refractivity contribution in [3.05, 3.63) is 30.1 Å². The summed E-state index contributed by atoms with van der Waals surface area (Å²) in [5, 5.41) is 0. The van der Waals surface area contributed by atoms with Crippen LogP contribution < -0.4 is 11.3 Å². The van der Waals surface area contributed by atoms with Crippen molar-refractivity contribution in [3.8, 4) is 0 Å². The number of nitrogens with zero attached hydrogens (tertiary/aromatic N) is 1. The lowest BCUT2D eigenvalue weighted by Crippen LogP contribution is -2.21. The maximum atomic E-state index is 5.07. The molecule has 0 aliphatic heterocycles. The lowest BCUT2D eigenvalue weighted by Gasteiger charge is -1.94. The molecule has 0 spiro atoms. The monoisotopic (exact) mass is 251 g/mol. The number of pyridine rings is 1. The highest BCUT2D eigenvalue weighted by molar-refractivity contribution is 14.0. The van der Waals surface area contributed by atoms with Gasteiger partial charge < -0.3 is 0 Å². The molecule has 1 aromatic rings. The third kappa shape index (κ3) is 3.09. The van der Waals surface area contributed by atoms with Crippen molar-refractivity contribution in [2.24, 2.45) is 5.84 Å². The smallest absolute Gasteiger partial charge is 0.0555 e. The van der Waals surface area contributed by atoms with Crippen LogP contribution in [0.5, 0.6) is 0 Å². The Labute approximate surface area is 77.0 Å². The third-order valence-electron chi connectivity index (χ3n) is 1.01. The quantitative estimate of drug-likeness (QED) is 0.461. The van der Waals surface area contributed by atoms with Gasteiger partial charge in [0.05, 0.1) is 12.2 Å². The van der Waals surface area contributed by atoms with E-state index in [1.807, 2.05) is 18.2 Å². The fourth-order valence-corrected chi connectivity index (χ4v) is 0.607. The van der Waals surface area contributed by atoms with Crippen LogP contribution in [-0.2, 0) is 6.54 Å². The number of hydrazine groups is 1. The lowest BCUT2D eigenvalue weighted by atomic mass is 10.4. The SMILES string of the molecule is I.NNCc1ccccn1. The maximum Gasteiger partial charge on any atom is 0.0555 e. The second-order valence-electron chi connectivity index (χ2n) is 1.70. The highest BCUT2D eigenvalue weighted by Gasteiger charge is 1.85. The molecular weight excluding hydrogens is 241 g/mol. The summed E-state index contributed by atoms with van der Waals surface area (Å²) < 4.78 is 0. The first-order valence-electron chi connectivity index (χ1n) is 2.77. The van der Waals surface area contributed by atoms with Crippen LogP contribution >= 0.6 is 24.0 Å². The summed E-state index contributed by atoms with van der Waals surface area (Å²) >= 11 is 0. The van der Waals surface area contributed by atoms with Crippen LogP contribution in [0.4, 0.5) is 0 Å². The van der Waals surface area contributed by atoms with Crippen LogP contribution in [0.15, 0.2) is 24.4 Å². The summed E-state index contributed by atoms with van der Waals surface area (Å²) in [5.74, 6) is 5.07. The lowest BCUT2D eigenvalue weighted by molar-refractivity contribution is 0.723. The molecule has 0 unspecified atom stereocenters. The van der Waals surface area contributed by atoms with Crippen LogP contribution in [0.2, 0.25) is 0 Å². The third-order valence-corrected chi connectivity index (χ3v) is 1.01. The predicted molar refractivity (Wildman–Crippen MR) is 50.7 cm³/mol. The van der Waals surface area contributed by atoms with Gasteiger partial charge in [0.2, 0.25) is 0 Å². The van der Waals surface area contributed by atoms with Gasteiger partial charge in [0.15, 0.2) is 0 Å². The van der Waals surface area contributed by atoms with E-state index in [0.717, 1.165) is 5.69 Å². The first-order chi connectivity index (χ1) is 4.43. The van der Waals surface area contributed by atoms with Crippen LogP contribution in [0.25, 0.3) is 0 Å². The van der Waals surface area contributed by atoms with E-state index in [1.54, 1.807) is 6.20 Å². The van der Waals surface area contributed by atoms with Crippen LogP contribution in [-0.4, -0.2) is 4.98 Å². The number of hydrogen-bond donors (Lipinski definition) is 2. The van der Waals surface area contributed by atoms with Gasteiger partial charge in [0, 0.05) is 6.20 Å². The molecule has 3 N–H and O–H groups in total. The summed E-state index contributed by atoms with van der Waals surface area (Å²) in [7, 11) is 0. The highest BCUT2D eigenvalue weighted by Crippen LogP contribution is 1.89. The van der Waals surface area contributed by atoms with E-state index in [0.29, 0.717) is 6.54 Å². The minimum atomic E-state index is 0. The zero-order valence-electron chi connectivity index (χ0n) is 5.45. The van der Waals surface area contributed by atoms with Crippen molar-refractivity contribution < 1.29 is 0 Å². The van der Waals surface area contributed by atoms with Crippen molar-refractivity contribution in [1.29, 1.82) is 0 Å².